The molecular weight excluding hydrogens is 386 g/mol. The maximum absolute atomic E-state index is 12.7. The molecule has 3 atom stereocenters. The second kappa shape index (κ2) is 7.95. The van der Waals surface area contributed by atoms with Gasteiger partial charge >= 0.3 is 5.97 Å². The van der Waals surface area contributed by atoms with Gasteiger partial charge in [-0.2, -0.15) is 0 Å². The van der Waals surface area contributed by atoms with E-state index in [4.69, 9.17) is 4.74 Å². The van der Waals surface area contributed by atoms with Gasteiger partial charge in [-0.05, 0) is 37.0 Å². The monoisotopic (exact) mass is 405 g/mol. The third kappa shape index (κ3) is 4.09. The zero-order valence-electron chi connectivity index (χ0n) is 15.5. The van der Waals surface area contributed by atoms with Gasteiger partial charge in [-0.3, -0.25) is 25.0 Å². The highest BCUT2D eigenvalue weighted by Gasteiger charge is 2.50. The fourth-order valence-electron chi connectivity index (χ4n) is 3.90. The Hall–Kier alpha value is -3.34. The first-order chi connectivity index (χ1) is 13.7. The highest BCUT2D eigenvalue weighted by atomic mass is 16.6. The number of hydrogen-bond acceptors (Lipinski definition) is 8. The largest absolute Gasteiger partial charge is 0.456 e. The van der Waals surface area contributed by atoms with Gasteiger partial charge in [0.25, 0.3) is 5.69 Å². The van der Waals surface area contributed by atoms with Crippen molar-refractivity contribution < 1.29 is 29.3 Å². The number of nitro groups is 2. The Bertz CT molecular complexity index is 893. The summed E-state index contributed by atoms with van der Waals surface area (Å²) in [6.07, 6.45) is -0.786. The lowest BCUT2D eigenvalue weighted by atomic mass is 9.85. The van der Waals surface area contributed by atoms with Crippen LogP contribution in [0.5, 0.6) is 0 Å². The minimum absolute atomic E-state index is 0.110. The lowest BCUT2D eigenvalue weighted by molar-refractivity contribution is -0.471. The first-order valence-corrected chi connectivity index (χ1v) is 8.92. The van der Waals surface area contributed by atoms with Gasteiger partial charge < -0.3 is 14.7 Å². The molecule has 0 spiro atoms. The van der Waals surface area contributed by atoms with Crippen molar-refractivity contribution in [3.8, 4) is 0 Å². The molecule has 154 valence electrons. The van der Waals surface area contributed by atoms with Gasteiger partial charge in [-0.15, -0.1) is 0 Å². The van der Waals surface area contributed by atoms with Gasteiger partial charge in [0.05, 0.1) is 16.9 Å². The molecule has 1 aromatic carbocycles. The average Bonchev–Trinajstić information content (AvgIpc) is 2.90. The second-order valence-electron chi connectivity index (χ2n) is 7.12. The fourth-order valence-corrected chi connectivity index (χ4v) is 3.90. The van der Waals surface area contributed by atoms with Crippen LogP contribution in [0.1, 0.15) is 18.9 Å². The summed E-state index contributed by atoms with van der Waals surface area (Å²) in [4.78, 5) is 47.1. The van der Waals surface area contributed by atoms with Gasteiger partial charge in [0, 0.05) is 29.2 Å². The van der Waals surface area contributed by atoms with E-state index in [0.29, 0.717) is 5.56 Å². The molecule has 1 N–H and O–H groups in total. The van der Waals surface area contributed by atoms with Crippen molar-refractivity contribution in [2.24, 2.45) is 11.8 Å². The SMILES string of the molecule is CC(O)C1C(=O)N2CC1CC(C[N+](=O)[O-])=C2C(=O)OCc1ccc([N+](=O)[O-])cc1. The van der Waals surface area contributed by atoms with Gasteiger partial charge in [0.1, 0.15) is 12.3 Å². The molecule has 2 heterocycles. The second-order valence-corrected chi connectivity index (χ2v) is 7.12. The molecule has 11 heteroatoms. The molecule has 3 rings (SSSR count). The van der Waals surface area contributed by atoms with E-state index in [1.807, 2.05) is 0 Å². The van der Waals surface area contributed by atoms with E-state index in [2.05, 4.69) is 0 Å². The Morgan fingerprint density at radius 2 is 1.97 bits per heavy atom. The molecule has 0 aliphatic carbocycles. The predicted molar refractivity (Wildman–Crippen MR) is 96.8 cm³/mol. The number of hydrogen-bond donors (Lipinski definition) is 1. The minimum Gasteiger partial charge on any atom is -0.456 e. The summed E-state index contributed by atoms with van der Waals surface area (Å²) >= 11 is 0. The normalized spacial score (nSPS) is 21.9. The Balaban J connectivity index is 1.80. The minimum atomic E-state index is -0.940. The summed E-state index contributed by atoms with van der Waals surface area (Å²) in [5, 5.41) is 31.6. The molecule has 2 aliphatic rings. The summed E-state index contributed by atoms with van der Waals surface area (Å²) in [5.74, 6) is -2.36. The summed E-state index contributed by atoms with van der Waals surface area (Å²) < 4.78 is 5.23. The van der Waals surface area contributed by atoms with Crippen molar-refractivity contribution in [3.05, 3.63) is 61.3 Å². The van der Waals surface area contributed by atoms with Crippen LogP contribution in [0.15, 0.2) is 35.5 Å². The van der Waals surface area contributed by atoms with E-state index in [-0.39, 0.29) is 42.4 Å². The lowest BCUT2D eigenvalue weighted by Gasteiger charge is -2.26. The van der Waals surface area contributed by atoms with Crippen molar-refractivity contribution >= 4 is 17.6 Å². The third-order valence-corrected chi connectivity index (χ3v) is 5.14. The summed E-state index contributed by atoms with van der Waals surface area (Å²) in [6.45, 7) is 0.855. The van der Waals surface area contributed by atoms with E-state index in [1.165, 1.54) is 36.1 Å². The molecule has 29 heavy (non-hydrogen) atoms. The van der Waals surface area contributed by atoms with Crippen LogP contribution >= 0.6 is 0 Å². The summed E-state index contributed by atoms with van der Waals surface area (Å²) in [5.41, 5.74) is 0.425. The number of esters is 1. The van der Waals surface area contributed by atoms with Crippen molar-refractivity contribution in [3.63, 3.8) is 0 Å². The van der Waals surface area contributed by atoms with Crippen LogP contribution in [0.2, 0.25) is 0 Å². The number of ether oxygens (including phenoxy) is 1. The highest BCUT2D eigenvalue weighted by molar-refractivity contribution is 5.97. The number of amides is 1. The zero-order chi connectivity index (χ0) is 21.3. The Morgan fingerprint density at radius 1 is 1.31 bits per heavy atom. The number of nitro benzene ring substituents is 1. The van der Waals surface area contributed by atoms with Crippen LogP contribution < -0.4 is 0 Å². The smallest absolute Gasteiger partial charge is 0.355 e. The van der Waals surface area contributed by atoms with Gasteiger partial charge in [-0.25, -0.2) is 4.79 Å². The van der Waals surface area contributed by atoms with Crippen LogP contribution in [-0.4, -0.2) is 50.9 Å². The predicted octanol–water partition coefficient (Wildman–Crippen LogP) is 1.03. The molecule has 0 aromatic heterocycles. The van der Waals surface area contributed by atoms with E-state index >= 15 is 0 Å². The van der Waals surface area contributed by atoms with Crippen molar-refractivity contribution in [2.75, 3.05) is 13.1 Å². The van der Waals surface area contributed by atoms with E-state index in [0.717, 1.165) is 0 Å². The molecule has 2 bridgehead atoms. The number of aliphatic hydroxyl groups is 1. The van der Waals surface area contributed by atoms with Crippen molar-refractivity contribution in [1.82, 2.24) is 4.90 Å². The topological polar surface area (TPSA) is 153 Å². The van der Waals surface area contributed by atoms with E-state index < -0.39 is 40.3 Å². The molecular formula is C18H19N3O8. The zero-order valence-corrected chi connectivity index (χ0v) is 15.5. The highest BCUT2D eigenvalue weighted by Crippen LogP contribution is 2.40. The molecule has 1 fully saturated rings. The number of fused-ring (bicyclic) bond motifs is 2. The number of aliphatic hydroxyl groups excluding tert-OH is 1. The Labute approximate surface area is 164 Å². The van der Waals surface area contributed by atoms with Gasteiger partial charge in [0.15, 0.2) is 0 Å². The van der Waals surface area contributed by atoms with E-state index in [1.54, 1.807) is 0 Å². The number of benzene rings is 1. The third-order valence-electron chi connectivity index (χ3n) is 5.14. The van der Waals surface area contributed by atoms with Crippen molar-refractivity contribution in [2.45, 2.75) is 26.1 Å². The number of carbonyl (C=O) groups is 2. The molecule has 1 saturated heterocycles. The number of rotatable bonds is 7. The average molecular weight is 405 g/mol. The fraction of sp³-hybridized carbons (Fsp3) is 0.444. The van der Waals surface area contributed by atoms with Gasteiger partial charge in [0.2, 0.25) is 12.5 Å². The van der Waals surface area contributed by atoms with Gasteiger partial charge in [-0.1, -0.05) is 0 Å². The number of carbonyl (C=O) groups excluding carboxylic acids is 2. The van der Waals surface area contributed by atoms with Crippen LogP contribution in [0.4, 0.5) is 5.69 Å². The summed E-state index contributed by atoms with van der Waals surface area (Å²) in [7, 11) is 0. The maximum atomic E-state index is 12.7. The molecule has 2 aliphatic heterocycles. The molecule has 0 radical (unpaired) electrons. The summed E-state index contributed by atoms with van der Waals surface area (Å²) in [6, 6.07) is 5.39. The molecule has 0 saturated carbocycles. The first kappa shape index (κ1) is 20.4. The van der Waals surface area contributed by atoms with Crippen LogP contribution in [-0.2, 0) is 20.9 Å². The standard InChI is InChI=1S/C18H19N3O8/c1-10(22)15-12-6-13(8-20(25)26)16(19(7-12)17(15)23)18(24)29-9-11-2-4-14(5-3-11)21(27)28/h2-5,10,12,15,22H,6-9H2,1H3. The Morgan fingerprint density at radius 3 is 2.52 bits per heavy atom. The van der Waals surface area contributed by atoms with Crippen LogP contribution in [0.3, 0.4) is 0 Å². The Kier molecular flexibility index (Phi) is 5.59. The number of nitrogens with zero attached hydrogens (tertiary/aromatic N) is 3. The van der Waals surface area contributed by atoms with Crippen LogP contribution in [0, 0.1) is 32.1 Å². The van der Waals surface area contributed by atoms with Crippen molar-refractivity contribution in [1.29, 1.82) is 0 Å². The molecule has 1 amide bonds. The van der Waals surface area contributed by atoms with Crippen LogP contribution in [0.25, 0.3) is 0 Å². The maximum Gasteiger partial charge on any atom is 0.355 e. The van der Waals surface area contributed by atoms with E-state index in [9.17, 15) is 34.9 Å². The quantitative estimate of drug-likeness (QED) is 0.401. The molecule has 11 nitrogen and oxygen atoms in total. The number of non-ortho nitro benzene ring substituents is 1. The first-order valence-electron chi connectivity index (χ1n) is 8.92. The molecule has 3 unspecified atom stereocenters. The molecule has 1 aromatic rings. The lowest BCUT2D eigenvalue weighted by Crippen LogP contribution is -2.35.